The molecule has 1 aliphatic rings. The van der Waals surface area contributed by atoms with Gasteiger partial charge in [0.2, 0.25) is 0 Å². The van der Waals surface area contributed by atoms with Crippen LogP contribution in [0.2, 0.25) is 0 Å². The molecule has 28 heavy (non-hydrogen) atoms. The van der Waals surface area contributed by atoms with E-state index in [1.165, 1.54) is 11.3 Å². The Kier molecular flexibility index (Phi) is 5.78. The van der Waals surface area contributed by atoms with Crippen molar-refractivity contribution in [2.75, 3.05) is 6.54 Å². The number of nitrogens with zero attached hydrogens (tertiary/aromatic N) is 5. The number of carbonyl (C=O) groups is 1. The first-order chi connectivity index (χ1) is 13.7. The molecule has 8 heteroatoms. The largest absolute Gasteiger partial charge is 0.347 e. The molecule has 0 unspecified atom stereocenters. The van der Waals surface area contributed by atoms with Gasteiger partial charge in [-0.2, -0.15) is 0 Å². The lowest BCUT2D eigenvalue weighted by atomic mass is 10.2. The molecule has 1 atom stereocenters. The van der Waals surface area contributed by atoms with Crippen LogP contribution in [0.4, 0.5) is 0 Å². The summed E-state index contributed by atoms with van der Waals surface area (Å²) in [7, 11) is 0. The fourth-order valence-corrected chi connectivity index (χ4v) is 4.35. The van der Waals surface area contributed by atoms with E-state index in [0.717, 1.165) is 37.3 Å². The molecular formula is C20H24N6OS. The maximum atomic E-state index is 12.3. The van der Waals surface area contributed by atoms with Crippen molar-refractivity contribution in [2.24, 2.45) is 0 Å². The summed E-state index contributed by atoms with van der Waals surface area (Å²) >= 11 is 1.72. The van der Waals surface area contributed by atoms with E-state index in [-0.39, 0.29) is 5.91 Å². The molecule has 1 saturated heterocycles. The van der Waals surface area contributed by atoms with Crippen molar-refractivity contribution in [1.29, 1.82) is 0 Å². The number of benzene rings is 1. The van der Waals surface area contributed by atoms with Gasteiger partial charge in [-0.15, -0.1) is 16.4 Å². The molecule has 0 radical (unpaired) electrons. The van der Waals surface area contributed by atoms with Gasteiger partial charge in [0.15, 0.2) is 5.69 Å². The van der Waals surface area contributed by atoms with Crippen LogP contribution in [-0.4, -0.2) is 43.4 Å². The van der Waals surface area contributed by atoms with Crippen molar-refractivity contribution in [3.63, 3.8) is 0 Å². The summed E-state index contributed by atoms with van der Waals surface area (Å²) in [6.45, 7) is 5.31. The highest BCUT2D eigenvalue weighted by Crippen LogP contribution is 2.24. The predicted octanol–water partition coefficient (Wildman–Crippen LogP) is 2.64. The molecule has 3 aromatic rings. The third kappa shape index (κ3) is 4.45. The Balaban J connectivity index is 1.33. The van der Waals surface area contributed by atoms with Gasteiger partial charge in [-0.1, -0.05) is 35.5 Å². The second-order valence-electron chi connectivity index (χ2n) is 7.12. The van der Waals surface area contributed by atoms with E-state index in [1.54, 1.807) is 22.2 Å². The van der Waals surface area contributed by atoms with Gasteiger partial charge >= 0.3 is 0 Å². The molecule has 0 aliphatic carbocycles. The summed E-state index contributed by atoms with van der Waals surface area (Å²) in [5, 5.41) is 11.1. The quantitative estimate of drug-likeness (QED) is 0.664. The standard InChI is InChI=1S/C20H24N6OS/c1-15-19(28-14-22-15)13-25-9-5-8-17(25)11-26-12-18(23-24-26)20(27)21-10-16-6-3-2-4-7-16/h2-4,6-7,12,14,17H,5,8-11,13H2,1H3,(H,21,27)/t17-/m0/s1. The van der Waals surface area contributed by atoms with Crippen LogP contribution in [0.5, 0.6) is 0 Å². The molecule has 1 N–H and O–H groups in total. The van der Waals surface area contributed by atoms with Gasteiger partial charge in [-0.3, -0.25) is 14.4 Å². The highest BCUT2D eigenvalue weighted by Gasteiger charge is 2.26. The monoisotopic (exact) mass is 396 g/mol. The van der Waals surface area contributed by atoms with Gasteiger partial charge in [0.25, 0.3) is 5.91 Å². The molecular weight excluding hydrogens is 372 g/mol. The van der Waals surface area contributed by atoms with Crippen molar-refractivity contribution in [3.8, 4) is 0 Å². The van der Waals surface area contributed by atoms with Crippen LogP contribution >= 0.6 is 11.3 Å². The highest BCUT2D eigenvalue weighted by molar-refractivity contribution is 7.09. The minimum Gasteiger partial charge on any atom is -0.347 e. The van der Waals surface area contributed by atoms with Crippen molar-refractivity contribution >= 4 is 17.2 Å². The van der Waals surface area contributed by atoms with Gasteiger partial charge in [-0.25, -0.2) is 4.98 Å². The zero-order valence-electron chi connectivity index (χ0n) is 15.9. The van der Waals surface area contributed by atoms with Gasteiger partial charge < -0.3 is 5.32 Å². The highest BCUT2D eigenvalue weighted by atomic mass is 32.1. The first-order valence-corrected chi connectivity index (χ1v) is 10.4. The minimum atomic E-state index is -0.196. The molecule has 1 aromatic carbocycles. The van der Waals surface area contributed by atoms with E-state index < -0.39 is 0 Å². The van der Waals surface area contributed by atoms with Gasteiger partial charge in [0, 0.05) is 24.0 Å². The smallest absolute Gasteiger partial charge is 0.273 e. The first-order valence-electron chi connectivity index (χ1n) is 9.54. The van der Waals surface area contributed by atoms with Crippen LogP contribution in [0.15, 0.2) is 42.0 Å². The molecule has 146 valence electrons. The van der Waals surface area contributed by atoms with Crippen molar-refractivity contribution < 1.29 is 4.79 Å². The van der Waals surface area contributed by atoms with E-state index in [0.29, 0.717) is 18.3 Å². The van der Waals surface area contributed by atoms with Gasteiger partial charge in [0.05, 0.1) is 23.9 Å². The van der Waals surface area contributed by atoms with Crippen molar-refractivity contribution in [3.05, 3.63) is 63.9 Å². The Morgan fingerprint density at radius 2 is 2.18 bits per heavy atom. The number of thiazole rings is 1. The third-order valence-electron chi connectivity index (χ3n) is 5.16. The fourth-order valence-electron chi connectivity index (χ4n) is 3.55. The van der Waals surface area contributed by atoms with Crippen molar-refractivity contribution in [1.82, 2.24) is 30.2 Å². The van der Waals surface area contributed by atoms with E-state index in [1.807, 2.05) is 35.8 Å². The normalized spacial score (nSPS) is 17.1. The average Bonchev–Trinajstić information content (AvgIpc) is 3.45. The number of hydrogen-bond acceptors (Lipinski definition) is 6. The van der Waals surface area contributed by atoms with Crippen LogP contribution in [0.3, 0.4) is 0 Å². The summed E-state index contributed by atoms with van der Waals surface area (Å²) in [5.41, 5.74) is 4.45. The molecule has 1 aliphatic heterocycles. The van der Waals surface area contributed by atoms with Crippen LogP contribution in [0.1, 0.15) is 39.5 Å². The number of hydrogen-bond donors (Lipinski definition) is 1. The first kappa shape index (κ1) is 18.8. The summed E-state index contributed by atoms with van der Waals surface area (Å²) in [6, 6.07) is 10.2. The molecule has 0 bridgehead atoms. The maximum Gasteiger partial charge on any atom is 0.273 e. The molecule has 4 rings (SSSR count). The van der Waals surface area contributed by atoms with E-state index >= 15 is 0 Å². The number of aryl methyl sites for hydroxylation is 1. The lowest BCUT2D eigenvalue weighted by molar-refractivity contribution is 0.0946. The van der Waals surface area contributed by atoms with E-state index in [9.17, 15) is 4.79 Å². The topological polar surface area (TPSA) is 75.9 Å². The predicted molar refractivity (Wildman–Crippen MR) is 108 cm³/mol. The zero-order valence-corrected chi connectivity index (χ0v) is 16.7. The zero-order chi connectivity index (χ0) is 19.3. The van der Waals surface area contributed by atoms with Crippen LogP contribution in [0.25, 0.3) is 0 Å². The Morgan fingerprint density at radius 1 is 1.32 bits per heavy atom. The fraction of sp³-hybridized carbons (Fsp3) is 0.400. The lowest BCUT2D eigenvalue weighted by Crippen LogP contribution is -2.32. The number of likely N-dealkylation sites (tertiary alicyclic amines) is 1. The SMILES string of the molecule is Cc1ncsc1CN1CCC[C@H]1Cn1cc(C(=O)NCc2ccccc2)nn1. The van der Waals surface area contributed by atoms with Crippen LogP contribution in [-0.2, 0) is 19.6 Å². The lowest BCUT2D eigenvalue weighted by Gasteiger charge is -2.23. The Hall–Kier alpha value is -2.58. The second-order valence-corrected chi connectivity index (χ2v) is 8.06. The van der Waals surface area contributed by atoms with E-state index in [2.05, 4.69) is 32.4 Å². The third-order valence-corrected chi connectivity index (χ3v) is 6.08. The summed E-state index contributed by atoms with van der Waals surface area (Å²) < 4.78 is 1.79. The summed E-state index contributed by atoms with van der Waals surface area (Å²) in [6.07, 6.45) is 4.06. The number of aromatic nitrogens is 4. The Morgan fingerprint density at radius 3 is 2.96 bits per heavy atom. The van der Waals surface area contributed by atoms with Gasteiger partial charge in [0.1, 0.15) is 0 Å². The summed E-state index contributed by atoms with van der Waals surface area (Å²) in [4.78, 5) is 20.5. The molecule has 0 saturated carbocycles. The second kappa shape index (κ2) is 8.62. The average molecular weight is 397 g/mol. The number of carbonyl (C=O) groups excluding carboxylic acids is 1. The molecule has 7 nitrogen and oxygen atoms in total. The Bertz CT molecular complexity index is 922. The van der Waals surface area contributed by atoms with Gasteiger partial charge in [-0.05, 0) is 31.9 Å². The molecule has 0 spiro atoms. The number of amides is 1. The number of nitrogens with one attached hydrogen (secondary N) is 1. The summed E-state index contributed by atoms with van der Waals surface area (Å²) in [5.74, 6) is -0.196. The molecule has 2 aromatic heterocycles. The van der Waals surface area contributed by atoms with Crippen LogP contribution < -0.4 is 5.32 Å². The molecule has 1 fully saturated rings. The van der Waals surface area contributed by atoms with Crippen molar-refractivity contribution in [2.45, 2.75) is 45.4 Å². The minimum absolute atomic E-state index is 0.196. The van der Waals surface area contributed by atoms with E-state index in [4.69, 9.17) is 0 Å². The number of rotatable bonds is 7. The molecule has 1 amide bonds. The van der Waals surface area contributed by atoms with Crippen LogP contribution in [0, 0.1) is 6.92 Å². The molecule has 3 heterocycles. The maximum absolute atomic E-state index is 12.3. The Labute approximate surface area is 168 Å².